The largest absolute Gasteiger partial charge is 0.255 e. The summed E-state index contributed by atoms with van der Waals surface area (Å²) in [5.41, 5.74) is 7.33. The topological polar surface area (TPSA) is 23.8 Å². The van der Waals surface area contributed by atoms with Gasteiger partial charge in [-0.3, -0.25) is 5.73 Å². The first-order valence-electron chi connectivity index (χ1n) is 4.18. The van der Waals surface area contributed by atoms with Crippen LogP contribution in [-0.4, -0.2) is 11.8 Å². The number of hydrogen-bond acceptors (Lipinski definition) is 1. The van der Waals surface area contributed by atoms with Crippen LogP contribution in [0.2, 0.25) is 0 Å². The van der Waals surface area contributed by atoms with Gasteiger partial charge in [0.25, 0.3) is 0 Å². The summed E-state index contributed by atoms with van der Waals surface area (Å²) in [6.07, 6.45) is 0.972. The molecule has 1 N–H and O–H groups in total. The molecule has 0 heterocycles. The minimum atomic E-state index is 0.0706. The molecule has 1 nitrogen and oxygen atoms in total. The molecular weight excluding hydrogens is 166 g/mol. The summed E-state index contributed by atoms with van der Waals surface area (Å²) in [6, 6.07) is 10.4. The third-order valence-electron chi connectivity index (χ3n) is 1.56. The van der Waals surface area contributed by atoms with Gasteiger partial charge in [-0.1, -0.05) is 18.2 Å². The van der Waals surface area contributed by atoms with E-state index in [-0.39, 0.29) is 6.04 Å². The first-order valence-corrected chi connectivity index (χ1v) is 5.16. The maximum Gasteiger partial charge on any atom is 0.0192 e. The van der Waals surface area contributed by atoms with E-state index in [1.54, 1.807) is 0 Å². The molecule has 0 fully saturated rings. The smallest absolute Gasteiger partial charge is 0.0192 e. The molecule has 0 aromatic heterocycles. The molecule has 1 atom stereocenters. The predicted molar refractivity (Wildman–Crippen MR) is 54.3 cm³/mol. The van der Waals surface area contributed by atoms with Gasteiger partial charge in [0.15, 0.2) is 0 Å². The highest BCUT2D eigenvalue weighted by molar-refractivity contribution is 7.99. The van der Waals surface area contributed by atoms with Crippen molar-refractivity contribution < 1.29 is 0 Å². The molecule has 0 bridgehead atoms. The number of thioether (sulfide) groups is 1. The Labute approximate surface area is 78.4 Å². The molecule has 1 aromatic carbocycles. The summed E-state index contributed by atoms with van der Waals surface area (Å²) < 4.78 is 0. The van der Waals surface area contributed by atoms with Gasteiger partial charge >= 0.3 is 0 Å². The lowest BCUT2D eigenvalue weighted by Crippen LogP contribution is -2.02. The van der Waals surface area contributed by atoms with Crippen LogP contribution in [0.15, 0.2) is 35.2 Å². The Morgan fingerprint density at radius 2 is 2.00 bits per heavy atom. The van der Waals surface area contributed by atoms with Gasteiger partial charge in [-0.2, -0.15) is 0 Å². The number of nitrogens with one attached hydrogen (secondary N) is 1. The van der Waals surface area contributed by atoms with E-state index in [1.165, 1.54) is 4.90 Å². The van der Waals surface area contributed by atoms with E-state index in [4.69, 9.17) is 5.73 Å². The van der Waals surface area contributed by atoms with Crippen molar-refractivity contribution in [1.29, 1.82) is 0 Å². The van der Waals surface area contributed by atoms with Crippen LogP contribution in [-0.2, 0) is 0 Å². The third-order valence-corrected chi connectivity index (χ3v) is 2.61. The van der Waals surface area contributed by atoms with Gasteiger partial charge in [0.05, 0.1) is 0 Å². The van der Waals surface area contributed by atoms with Crippen molar-refractivity contribution in [3.8, 4) is 0 Å². The molecule has 0 spiro atoms. The summed E-state index contributed by atoms with van der Waals surface area (Å²) in [5, 5.41) is 0. The quantitative estimate of drug-likeness (QED) is 0.654. The lowest BCUT2D eigenvalue weighted by Gasteiger charge is -2.02. The zero-order valence-corrected chi connectivity index (χ0v) is 8.10. The van der Waals surface area contributed by atoms with Crippen molar-refractivity contribution in [2.45, 2.75) is 24.3 Å². The van der Waals surface area contributed by atoms with Crippen LogP contribution in [0.1, 0.15) is 13.3 Å². The number of hydrogen-bond donors (Lipinski definition) is 0. The Morgan fingerprint density at radius 3 is 2.58 bits per heavy atom. The lowest BCUT2D eigenvalue weighted by molar-refractivity contribution is 0.699. The highest BCUT2D eigenvalue weighted by atomic mass is 32.2. The zero-order valence-electron chi connectivity index (χ0n) is 7.29. The predicted octanol–water partition coefficient (Wildman–Crippen LogP) is 2.84. The van der Waals surface area contributed by atoms with Crippen molar-refractivity contribution in [3.05, 3.63) is 30.3 Å². The molecule has 0 saturated carbocycles. The number of benzene rings is 1. The first-order chi connectivity index (χ1) is 5.79. The van der Waals surface area contributed by atoms with E-state index in [0.29, 0.717) is 0 Å². The minimum Gasteiger partial charge on any atom is -0.255 e. The molecule has 1 rings (SSSR count). The molecule has 1 radical (unpaired) electrons. The second-order valence-electron chi connectivity index (χ2n) is 2.85. The van der Waals surface area contributed by atoms with Crippen molar-refractivity contribution in [2.24, 2.45) is 0 Å². The lowest BCUT2D eigenvalue weighted by atomic mass is 10.3. The average Bonchev–Trinajstić information content (AvgIpc) is 2.05. The Bertz CT molecular complexity index is 208. The van der Waals surface area contributed by atoms with Gasteiger partial charge in [0, 0.05) is 10.9 Å². The van der Waals surface area contributed by atoms with Gasteiger partial charge < -0.3 is 0 Å². The molecule has 1 aromatic rings. The highest BCUT2D eigenvalue weighted by Crippen LogP contribution is 2.17. The molecule has 12 heavy (non-hydrogen) atoms. The fraction of sp³-hybridized carbons (Fsp3) is 0.400. The van der Waals surface area contributed by atoms with E-state index in [9.17, 15) is 0 Å². The molecule has 0 amide bonds. The molecule has 2 heteroatoms. The van der Waals surface area contributed by atoms with Crippen LogP contribution in [0.4, 0.5) is 0 Å². The maximum atomic E-state index is 7.33. The third kappa shape index (κ3) is 3.79. The summed E-state index contributed by atoms with van der Waals surface area (Å²) in [6.45, 7) is 1.94. The molecule has 0 aliphatic carbocycles. The Kier molecular flexibility index (Phi) is 4.19. The van der Waals surface area contributed by atoms with Crippen LogP contribution in [0, 0.1) is 0 Å². The van der Waals surface area contributed by atoms with E-state index >= 15 is 0 Å². The highest BCUT2D eigenvalue weighted by Gasteiger charge is 1.95. The van der Waals surface area contributed by atoms with Crippen LogP contribution < -0.4 is 5.73 Å². The standard InChI is InChI=1S/C10H14NS/c1-9(11)7-8-12-10-5-3-2-4-6-10/h2-6,9,11H,7-8H2,1H3/t9-/m1/s1. The normalized spacial score (nSPS) is 12.8. The van der Waals surface area contributed by atoms with Crippen molar-refractivity contribution in [1.82, 2.24) is 5.73 Å². The van der Waals surface area contributed by atoms with Crippen LogP contribution >= 0.6 is 11.8 Å². The number of rotatable bonds is 4. The minimum absolute atomic E-state index is 0.0706. The molecule has 65 valence electrons. The van der Waals surface area contributed by atoms with Gasteiger partial charge in [0.2, 0.25) is 0 Å². The molecule has 0 saturated heterocycles. The Hall–Kier alpha value is -0.470. The van der Waals surface area contributed by atoms with E-state index < -0.39 is 0 Å². The maximum absolute atomic E-state index is 7.33. The fourth-order valence-corrected chi connectivity index (χ4v) is 1.93. The van der Waals surface area contributed by atoms with E-state index in [0.717, 1.165) is 12.2 Å². The molecule has 0 unspecified atom stereocenters. The Balaban J connectivity index is 2.25. The van der Waals surface area contributed by atoms with Crippen molar-refractivity contribution in [3.63, 3.8) is 0 Å². The van der Waals surface area contributed by atoms with Crippen LogP contribution in [0.3, 0.4) is 0 Å². The monoisotopic (exact) mass is 180 g/mol. The summed E-state index contributed by atoms with van der Waals surface area (Å²) in [4.78, 5) is 1.30. The second-order valence-corrected chi connectivity index (χ2v) is 4.02. The van der Waals surface area contributed by atoms with Gasteiger partial charge in [-0.25, -0.2) is 0 Å². The van der Waals surface area contributed by atoms with Crippen molar-refractivity contribution >= 4 is 11.8 Å². The second kappa shape index (κ2) is 5.22. The fourth-order valence-electron chi connectivity index (χ4n) is 0.870. The van der Waals surface area contributed by atoms with Crippen LogP contribution in [0.25, 0.3) is 0 Å². The van der Waals surface area contributed by atoms with E-state index in [2.05, 4.69) is 12.1 Å². The van der Waals surface area contributed by atoms with E-state index in [1.807, 2.05) is 36.9 Å². The molecular formula is C10H14NS. The Morgan fingerprint density at radius 1 is 1.33 bits per heavy atom. The van der Waals surface area contributed by atoms with Gasteiger partial charge in [-0.05, 0) is 31.2 Å². The summed E-state index contributed by atoms with van der Waals surface area (Å²) >= 11 is 1.83. The summed E-state index contributed by atoms with van der Waals surface area (Å²) in [7, 11) is 0. The molecule has 0 aliphatic heterocycles. The SMILES string of the molecule is C[C@@H]([NH])CCSc1ccccc1. The zero-order chi connectivity index (χ0) is 8.81. The van der Waals surface area contributed by atoms with Crippen LogP contribution in [0.5, 0.6) is 0 Å². The molecule has 0 aliphatic rings. The van der Waals surface area contributed by atoms with Gasteiger partial charge in [-0.15, -0.1) is 11.8 Å². The summed E-state index contributed by atoms with van der Waals surface area (Å²) in [5.74, 6) is 1.05. The first kappa shape index (κ1) is 9.62. The van der Waals surface area contributed by atoms with Gasteiger partial charge in [0.1, 0.15) is 0 Å². The van der Waals surface area contributed by atoms with Crippen molar-refractivity contribution in [2.75, 3.05) is 5.75 Å². The average molecular weight is 180 g/mol.